The van der Waals surface area contributed by atoms with Gasteiger partial charge in [0.05, 0.1) is 24.8 Å². The van der Waals surface area contributed by atoms with Crippen molar-refractivity contribution < 1.29 is 27.5 Å². The minimum Gasteiger partial charge on any atom is -0.497 e. The molecule has 9 nitrogen and oxygen atoms in total. The van der Waals surface area contributed by atoms with Crippen molar-refractivity contribution >= 4 is 27.5 Å². The first kappa shape index (κ1) is 31.5. The molecule has 0 heterocycles. The maximum atomic E-state index is 14.0. The lowest BCUT2D eigenvalue weighted by Crippen LogP contribution is -2.52. The van der Waals surface area contributed by atoms with E-state index >= 15 is 0 Å². The topological polar surface area (TPSA) is 105 Å². The molecule has 0 saturated carbocycles. The van der Waals surface area contributed by atoms with E-state index in [1.807, 2.05) is 20.8 Å². The van der Waals surface area contributed by atoms with Gasteiger partial charge in [-0.25, -0.2) is 8.42 Å². The van der Waals surface area contributed by atoms with Crippen LogP contribution in [-0.2, 0) is 26.2 Å². The fourth-order valence-corrected chi connectivity index (χ4v) is 5.51. The Labute approximate surface area is 243 Å². The van der Waals surface area contributed by atoms with Crippen LogP contribution in [0.5, 0.6) is 11.5 Å². The summed E-state index contributed by atoms with van der Waals surface area (Å²) in [7, 11) is -1.12. The number of benzene rings is 3. The van der Waals surface area contributed by atoms with Crippen LogP contribution < -0.4 is 19.1 Å². The average Bonchev–Trinajstić information content (AvgIpc) is 2.98. The largest absolute Gasteiger partial charge is 0.497 e. The Hall–Kier alpha value is -4.05. The van der Waals surface area contributed by atoms with Gasteiger partial charge in [-0.1, -0.05) is 42.8 Å². The second-order valence-electron chi connectivity index (χ2n) is 9.89. The molecule has 220 valence electrons. The molecule has 0 fully saturated rings. The molecular weight excluding hydrogens is 542 g/mol. The summed E-state index contributed by atoms with van der Waals surface area (Å²) < 4.78 is 39.5. The van der Waals surface area contributed by atoms with Crippen LogP contribution in [0.4, 0.5) is 5.69 Å². The molecule has 0 aliphatic rings. The van der Waals surface area contributed by atoms with Gasteiger partial charge in [0.1, 0.15) is 24.1 Å². The molecule has 2 atom stereocenters. The van der Waals surface area contributed by atoms with Gasteiger partial charge in [0, 0.05) is 18.7 Å². The zero-order chi connectivity index (χ0) is 30.2. The van der Waals surface area contributed by atoms with Crippen molar-refractivity contribution in [2.75, 3.05) is 25.1 Å². The number of hydrogen-bond acceptors (Lipinski definition) is 6. The predicted octanol–water partition coefficient (Wildman–Crippen LogP) is 4.54. The van der Waals surface area contributed by atoms with E-state index in [0.717, 1.165) is 21.9 Å². The van der Waals surface area contributed by atoms with Gasteiger partial charge >= 0.3 is 0 Å². The quantitative estimate of drug-likeness (QED) is 0.318. The first-order valence-electron chi connectivity index (χ1n) is 13.5. The van der Waals surface area contributed by atoms with Crippen LogP contribution in [0.1, 0.15) is 38.3 Å². The van der Waals surface area contributed by atoms with Crippen molar-refractivity contribution in [3.05, 3.63) is 83.9 Å². The Morgan fingerprint density at radius 2 is 1.54 bits per heavy atom. The number of methoxy groups -OCH3 is 2. The highest BCUT2D eigenvalue weighted by Crippen LogP contribution is 2.28. The van der Waals surface area contributed by atoms with E-state index in [0.29, 0.717) is 11.5 Å². The second-order valence-corrected chi connectivity index (χ2v) is 11.8. The van der Waals surface area contributed by atoms with Gasteiger partial charge in [0.2, 0.25) is 11.8 Å². The van der Waals surface area contributed by atoms with Crippen molar-refractivity contribution in [2.24, 2.45) is 0 Å². The van der Waals surface area contributed by atoms with Gasteiger partial charge in [0.25, 0.3) is 10.0 Å². The summed E-state index contributed by atoms with van der Waals surface area (Å²) in [5, 5.41) is 2.93. The molecule has 0 spiro atoms. The zero-order valence-corrected chi connectivity index (χ0v) is 25.3. The molecule has 0 aliphatic heterocycles. The number of carbonyl (C=O) groups excluding carboxylic acids is 2. The first-order valence-corrected chi connectivity index (χ1v) is 14.9. The molecule has 1 N–H and O–H groups in total. The zero-order valence-electron chi connectivity index (χ0n) is 24.5. The molecule has 3 aromatic carbocycles. The highest BCUT2D eigenvalue weighted by Gasteiger charge is 2.33. The molecule has 0 aliphatic carbocycles. The summed E-state index contributed by atoms with van der Waals surface area (Å²) in [6, 6.07) is 19.2. The van der Waals surface area contributed by atoms with Gasteiger partial charge in [-0.3, -0.25) is 13.9 Å². The van der Waals surface area contributed by atoms with Crippen LogP contribution in [0.25, 0.3) is 0 Å². The van der Waals surface area contributed by atoms with Crippen LogP contribution in [0, 0.1) is 6.92 Å². The van der Waals surface area contributed by atoms with Gasteiger partial charge in [-0.2, -0.15) is 0 Å². The lowest BCUT2D eigenvalue weighted by atomic mass is 10.1. The standard InChI is InChI=1S/C31H39N3O6S/c1-7-23(3)32-31(36)24(4)33(20-25-13-15-27(39-5)16-14-25)30(35)21-34(26-9-8-10-28(19-26)40-6)41(37,38)29-17-11-22(2)12-18-29/h8-19,23-24H,7,20-21H2,1-6H3,(H,32,36)/t23-,24-/m0/s1. The predicted molar refractivity (Wildman–Crippen MR) is 160 cm³/mol. The third kappa shape index (κ3) is 8.00. The number of nitrogens with zero attached hydrogens (tertiary/aromatic N) is 2. The van der Waals surface area contributed by atoms with E-state index in [4.69, 9.17) is 9.47 Å². The molecular formula is C31H39N3O6S. The molecule has 0 aromatic heterocycles. The monoisotopic (exact) mass is 581 g/mol. The summed E-state index contributed by atoms with van der Waals surface area (Å²) in [5.41, 5.74) is 1.93. The number of aryl methyl sites for hydroxylation is 1. The van der Waals surface area contributed by atoms with Crippen molar-refractivity contribution in [3.8, 4) is 11.5 Å². The van der Waals surface area contributed by atoms with E-state index in [1.54, 1.807) is 74.7 Å². The number of carbonyl (C=O) groups is 2. The average molecular weight is 582 g/mol. The number of nitrogens with one attached hydrogen (secondary N) is 1. The van der Waals surface area contributed by atoms with Crippen LogP contribution >= 0.6 is 0 Å². The summed E-state index contributed by atoms with van der Waals surface area (Å²) in [5.74, 6) is 0.236. The third-order valence-corrected chi connectivity index (χ3v) is 8.70. The Bertz CT molecular complexity index is 1420. The molecule has 3 aromatic rings. The highest BCUT2D eigenvalue weighted by molar-refractivity contribution is 7.92. The van der Waals surface area contributed by atoms with Gasteiger partial charge in [-0.15, -0.1) is 0 Å². The Balaban J connectivity index is 2.04. The Morgan fingerprint density at radius 3 is 2.12 bits per heavy atom. The number of ether oxygens (including phenoxy) is 2. The second kappa shape index (κ2) is 14.0. The minimum atomic E-state index is -4.16. The number of rotatable bonds is 13. The van der Waals surface area contributed by atoms with E-state index in [-0.39, 0.29) is 29.1 Å². The van der Waals surface area contributed by atoms with Crippen molar-refractivity contribution in [2.45, 2.75) is 57.6 Å². The molecule has 10 heteroatoms. The van der Waals surface area contributed by atoms with E-state index < -0.39 is 28.5 Å². The summed E-state index contributed by atoms with van der Waals surface area (Å²) in [6.45, 7) is 6.91. The Kier molecular flexibility index (Phi) is 10.8. The van der Waals surface area contributed by atoms with Crippen molar-refractivity contribution in [1.82, 2.24) is 10.2 Å². The fraction of sp³-hybridized carbons (Fsp3) is 0.355. The molecule has 0 unspecified atom stereocenters. The molecule has 41 heavy (non-hydrogen) atoms. The number of hydrogen-bond donors (Lipinski definition) is 1. The number of sulfonamides is 1. The van der Waals surface area contributed by atoms with Crippen LogP contribution in [0.3, 0.4) is 0 Å². The Morgan fingerprint density at radius 1 is 0.902 bits per heavy atom. The van der Waals surface area contributed by atoms with Crippen LogP contribution in [0.2, 0.25) is 0 Å². The molecule has 0 saturated heterocycles. The third-order valence-electron chi connectivity index (χ3n) is 6.91. The van der Waals surface area contributed by atoms with E-state index in [2.05, 4.69) is 5.32 Å². The van der Waals surface area contributed by atoms with Gasteiger partial charge in [0.15, 0.2) is 0 Å². The summed E-state index contributed by atoms with van der Waals surface area (Å²) in [4.78, 5) is 28.6. The van der Waals surface area contributed by atoms with Crippen LogP contribution in [-0.4, -0.2) is 58.0 Å². The van der Waals surface area contributed by atoms with Gasteiger partial charge in [-0.05, 0) is 69.2 Å². The maximum Gasteiger partial charge on any atom is 0.264 e. The van der Waals surface area contributed by atoms with Crippen LogP contribution in [0.15, 0.2) is 77.7 Å². The summed E-state index contributed by atoms with van der Waals surface area (Å²) in [6.07, 6.45) is 0.725. The smallest absolute Gasteiger partial charge is 0.264 e. The highest BCUT2D eigenvalue weighted by atomic mass is 32.2. The van der Waals surface area contributed by atoms with Crippen molar-refractivity contribution in [3.63, 3.8) is 0 Å². The number of anilines is 1. The SMILES string of the molecule is CC[C@H](C)NC(=O)[C@H](C)N(Cc1ccc(OC)cc1)C(=O)CN(c1cccc(OC)c1)S(=O)(=O)c1ccc(C)cc1. The lowest BCUT2D eigenvalue weighted by molar-refractivity contribution is -0.139. The van der Waals surface area contributed by atoms with Gasteiger partial charge < -0.3 is 19.7 Å². The van der Waals surface area contributed by atoms with E-state index in [1.165, 1.54) is 24.1 Å². The maximum absolute atomic E-state index is 14.0. The minimum absolute atomic E-state index is 0.0444. The number of amides is 2. The first-order chi connectivity index (χ1) is 19.5. The fourth-order valence-electron chi connectivity index (χ4n) is 4.11. The molecule has 3 rings (SSSR count). The molecule has 0 radical (unpaired) electrons. The normalized spacial score (nSPS) is 12.6. The van der Waals surface area contributed by atoms with Crippen molar-refractivity contribution in [1.29, 1.82) is 0 Å². The molecule has 0 bridgehead atoms. The lowest BCUT2D eigenvalue weighted by Gasteiger charge is -2.32. The summed E-state index contributed by atoms with van der Waals surface area (Å²) >= 11 is 0. The van der Waals surface area contributed by atoms with E-state index in [9.17, 15) is 18.0 Å². The molecule has 2 amide bonds.